The highest BCUT2D eigenvalue weighted by Crippen LogP contribution is 2.25. The van der Waals surface area contributed by atoms with Crippen molar-refractivity contribution in [2.75, 3.05) is 19.6 Å². The van der Waals surface area contributed by atoms with E-state index in [1.807, 2.05) is 30.3 Å². The van der Waals surface area contributed by atoms with Crippen molar-refractivity contribution in [3.8, 4) is 0 Å². The molecule has 3 heteroatoms. The molecule has 1 aromatic carbocycles. The van der Waals surface area contributed by atoms with Gasteiger partial charge in [-0.2, -0.15) is 0 Å². The fourth-order valence-corrected chi connectivity index (χ4v) is 2.15. The van der Waals surface area contributed by atoms with Gasteiger partial charge >= 0.3 is 0 Å². The molecule has 0 saturated carbocycles. The Balaban J connectivity index is 2.02. The number of furan rings is 1. The van der Waals surface area contributed by atoms with Crippen LogP contribution in [0.2, 0.25) is 0 Å². The van der Waals surface area contributed by atoms with Gasteiger partial charge < -0.3 is 14.4 Å². The van der Waals surface area contributed by atoms with E-state index in [1.54, 1.807) is 0 Å². The zero-order valence-corrected chi connectivity index (χ0v) is 11.1. The number of hydrogen-bond acceptors (Lipinski definition) is 3. The van der Waals surface area contributed by atoms with Crippen LogP contribution in [0.5, 0.6) is 0 Å². The summed E-state index contributed by atoms with van der Waals surface area (Å²) in [6, 6.07) is 9.78. The van der Waals surface area contributed by atoms with Crippen LogP contribution >= 0.6 is 0 Å². The monoisotopic (exact) mass is 247 g/mol. The van der Waals surface area contributed by atoms with E-state index in [-0.39, 0.29) is 0 Å². The lowest BCUT2D eigenvalue weighted by Gasteiger charge is -2.19. The standard InChI is InChI=1S/C15H21NO2/c1-3-16(4-2)10-9-13(17)15-11-12-7-5-6-8-14(12)18-15/h5-8,11,13,17H,3-4,9-10H2,1-2H3. The van der Waals surface area contributed by atoms with Crippen LogP contribution in [0.15, 0.2) is 34.7 Å². The summed E-state index contributed by atoms with van der Waals surface area (Å²) in [6.45, 7) is 7.20. The van der Waals surface area contributed by atoms with Crippen molar-refractivity contribution in [3.63, 3.8) is 0 Å². The van der Waals surface area contributed by atoms with E-state index in [0.717, 1.165) is 30.6 Å². The molecule has 0 radical (unpaired) electrons. The third-order valence-corrected chi connectivity index (χ3v) is 3.39. The molecule has 0 spiro atoms. The maximum Gasteiger partial charge on any atom is 0.134 e. The lowest BCUT2D eigenvalue weighted by Crippen LogP contribution is -2.25. The fraction of sp³-hybridized carbons (Fsp3) is 0.467. The summed E-state index contributed by atoms with van der Waals surface area (Å²) in [6.07, 6.45) is 0.194. The second-order valence-corrected chi connectivity index (χ2v) is 4.52. The van der Waals surface area contributed by atoms with E-state index in [1.165, 1.54) is 0 Å². The number of aliphatic hydroxyl groups excluding tert-OH is 1. The average molecular weight is 247 g/mol. The van der Waals surface area contributed by atoms with Gasteiger partial charge in [0, 0.05) is 11.9 Å². The Bertz CT molecular complexity index is 455. The van der Waals surface area contributed by atoms with Gasteiger partial charge in [-0.1, -0.05) is 32.0 Å². The van der Waals surface area contributed by atoms with E-state index in [9.17, 15) is 5.11 Å². The van der Waals surface area contributed by atoms with Crippen molar-refractivity contribution in [2.24, 2.45) is 0 Å². The number of hydrogen-bond donors (Lipinski definition) is 1. The van der Waals surface area contributed by atoms with Gasteiger partial charge in [0.05, 0.1) is 0 Å². The molecule has 1 heterocycles. The molecular weight excluding hydrogens is 226 g/mol. The lowest BCUT2D eigenvalue weighted by molar-refractivity contribution is 0.124. The van der Waals surface area contributed by atoms with Gasteiger partial charge in [0.2, 0.25) is 0 Å². The Labute approximate surface area is 108 Å². The normalized spacial score (nSPS) is 13.3. The predicted molar refractivity (Wildman–Crippen MR) is 73.6 cm³/mol. The first-order valence-electron chi connectivity index (χ1n) is 6.63. The van der Waals surface area contributed by atoms with E-state index in [0.29, 0.717) is 12.2 Å². The summed E-state index contributed by atoms with van der Waals surface area (Å²) in [5, 5.41) is 11.2. The van der Waals surface area contributed by atoms with Crippen molar-refractivity contribution >= 4 is 11.0 Å². The summed E-state index contributed by atoms with van der Waals surface area (Å²) in [5.74, 6) is 0.670. The zero-order chi connectivity index (χ0) is 13.0. The summed E-state index contributed by atoms with van der Waals surface area (Å²) < 4.78 is 5.66. The van der Waals surface area contributed by atoms with Gasteiger partial charge in [0.15, 0.2) is 0 Å². The van der Waals surface area contributed by atoms with Gasteiger partial charge in [-0.15, -0.1) is 0 Å². The maximum atomic E-state index is 10.1. The minimum absolute atomic E-state index is 0.516. The summed E-state index contributed by atoms with van der Waals surface area (Å²) in [4.78, 5) is 2.30. The highest BCUT2D eigenvalue weighted by molar-refractivity contribution is 5.77. The van der Waals surface area contributed by atoms with Crippen LogP contribution in [0.25, 0.3) is 11.0 Å². The van der Waals surface area contributed by atoms with Gasteiger partial charge in [-0.05, 0) is 31.6 Å². The quantitative estimate of drug-likeness (QED) is 0.851. The van der Waals surface area contributed by atoms with Crippen LogP contribution in [0, 0.1) is 0 Å². The Kier molecular flexibility index (Phi) is 4.39. The molecule has 18 heavy (non-hydrogen) atoms. The highest BCUT2D eigenvalue weighted by atomic mass is 16.4. The van der Waals surface area contributed by atoms with Crippen LogP contribution in [0.4, 0.5) is 0 Å². The molecule has 0 bridgehead atoms. The third-order valence-electron chi connectivity index (χ3n) is 3.39. The van der Waals surface area contributed by atoms with Gasteiger partial charge in [0.25, 0.3) is 0 Å². The fourth-order valence-electron chi connectivity index (χ4n) is 2.15. The molecule has 1 N–H and O–H groups in total. The van der Waals surface area contributed by atoms with E-state index < -0.39 is 6.10 Å². The number of benzene rings is 1. The van der Waals surface area contributed by atoms with Crippen molar-refractivity contribution in [2.45, 2.75) is 26.4 Å². The van der Waals surface area contributed by atoms with Crippen LogP contribution in [-0.2, 0) is 0 Å². The molecule has 0 saturated heterocycles. The Morgan fingerprint density at radius 2 is 1.94 bits per heavy atom. The molecule has 98 valence electrons. The number of nitrogens with zero attached hydrogens (tertiary/aromatic N) is 1. The van der Waals surface area contributed by atoms with E-state index in [4.69, 9.17) is 4.42 Å². The highest BCUT2D eigenvalue weighted by Gasteiger charge is 2.14. The Morgan fingerprint density at radius 3 is 2.61 bits per heavy atom. The van der Waals surface area contributed by atoms with Gasteiger partial charge in [-0.25, -0.2) is 0 Å². The van der Waals surface area contributed by atoms with E-state index >= 15 is 0 Å². The molecule has 1 atom stereocenters. The Morgan fingerprint density at radius 1 is 1.22 bits per heavy atom. The van der Waals surface area contributed by atoms with Gasteiger partial charge in [-0.3, -0.25) is 0 Å². The van der Waals surface area contributed by atoms with Crippen molar-refractivity contribution < 1.29 is 9.52 Å². The molecule has 3 nitrogen and oxygen atoms in total. The largest absolute Gasteiger partial charge is 0.458 e. The minimum atomic E-state index is -0.516. The lowest BCUT2D eigenvalue weighted by atomic mass is 10.1. The number of para-hydroxylation sites is 1. The zero-order valence-electron chi connectivity index (χ0n) is 11.1. The average Bonchev–Trinajstić information content (AvgIpc) is 2.83. The van der Waals surface area contributed by atoms with Gasteiger partial charge in [0.1, 0.15) is 17.4 Å². The summed E-state index contributed by atoms with van der Waals surface area (Å²) >= 11 is 0. The third kappa shape index (κ3) is 2.92. The second kappa shape index (κ2) is 6.03. The number of rotatable bonds is 6. The number of fused-ring (bicyclic) bond motifs is 1. The second-order valence-electron chi connectivity index (χ2n) is 4.52. The van der Waals surface area contributed by atoms with Crippen LogP contribution in [0.3, 0.4) is 0 Å². The van der Waals surface area contributed by atoms with E-state index in [2.05, 4.69) is 18.7 Å². The Hall–Kier alpha value is -1.32. The SMILES string of the molecule is CCN(CC)CCC(O)c1cc2ccccc2o1. The molecular formula is C15H21NO2. The topological polar surface area (TPSA) is 36.6 Å². The molecule has 0 aliphatic heterocycles. The van der Waals surface area contributed by atoms with Crippen LogP contribution in [0.1, 0.15) is 32.1 Å². The molecule has 0 aliphatic rings. The minimum Gasteiger partial charge on any atom is -0.458 e. The summed E-state index contributed by atoms with van der Waals surface area (Å²) in [7, 11) is 0. The smallest absolute Gasteiger partial charge is 0.134 e. The first-order valence-corrected chi connectivity index (χ1v) is 6.63. The summed E-state index contributed by atoms with van der Waals surface area (Å²) in [5.41, 5.74) is 0.842. The van der Waals surface area contributed by atoms with Crippen molar-refractivity contribution in [1.29, 1.82) is 0 Å². The molecule has 0 amide bonds. The maximum absolute atomic E-state index is 10.1. The molecule has 1 unspecified atom stereocenters. The molecule has 2 rings (SSSR count). The molecule has 0 aliphatic carbocycles. The van der Waals surface area contributed by atoms with Crippen LogP contribution in [-0.4, -0.2) is 29.6 Å². The molecule has 0 fully saturated rings. The molecule has 2 aromatic rings. The first-order chi connectivity index (χ1) is 8.74. The van der Waals surface area contributed by atoms with Crippen molar-refractivity contribution in [1.82, 2.24) is 4.90 Å². The van der Waals surface area contributed by atoms with Crippen LogP contribution < -0.4 is 0 Å². The number of aliphatic hydroxyl groups is 1. The molecule has 1 aromatic heterocycles. The first kappa shape index (κ1) is 13.1. The predicted octanol–water partition coefficient (Wildman–Crippen LogP) is 3.20. The van der Waals surface area contributed by atoms with Crippen molar-refractivity contribution in [3.05, 3.63) is 36.1 Å².